The average Bonchev–Trinajstić information content (AvgIpc) is 3.45. The molecule has 0 aliphatic heterocycles. The number of amidine groups is 1. The number of nitrogens with zero attached hydrogens (tertiary/aromatic N) is 2. The van der Waals surface area contributed by atoms with Crippen LogP contribution in [0.15, 0.2) is 59.2 Å². The van der Waals surface area contributed by atoms with Crippen molar-refractivity contribution in [3.05, 3.63) is 75.5 Å². The summed E-state index contributed by atoms with van der Waals surface area (Å²) in [4.78, 5) is 39.2. The molecule has 2 aliphatic carbocycles. The second kappa shape index (κ2) is 11.0. The van der Waals surface area contributed by atoms with E-state index >= 15 is 0 Å². The lowest BCUT2D eigenvalue weighted by Gasteiger charge is -2.18. The van der Waals surface area contributed by atoms with Crippen molar-refractivity contribution in [2.24, 2.45) is 16.6 Å². The van der Waals surface area contributed by atoms with Crippen LogP contribution in [0.5, 0.6) is 5.75 Å². The largest absolute Gasteiger partial charge is 0.514 e. The van der Waals surface area contributed by atoms with Crippen LogP contribution >= 0.6 is 0 Å². The summed E-state index contributed by atoms with van der Waals surface area (Å²) < 4.78 is 10.6. The number of ketones is 1. The van der Waals surface area contributed by atoms with E-state index in [-0.39, 0.29) is 34.8 Å². The van der Waals surface area contributed by atoms with E-state index < -0.39 is 11.1 Å². The maximum Gasteiger partial charge on any atom is 0.514 e. The van der Waals surface area contributed by atoms with Crippen molar-refractivity contribution in [3.63, 3.8) is 0 Å². The molecule has 2 aromatic rings. The van der Waals surface area contributed by atoms with Crippen LogP contribution in [0.25, 0.3) is 0 Å². The Labute approximate surface area is 221 Å². The van der Waals surface area contributed by atoms with E-state index in [1.54, 1.807) is 0 Å². The van der Waals surface area contributed by atoms with Crippen LogP contribution < -0.4 is 15.8 Å². The lowest BCUT2D eigenvalue weighted by Crippen LogP contribution is -2.22. The molecule has 10 nitrogen and oxygen atoms in total. The molecule has 2 aromatic carbocycles. The van der Waals surface area contributed by atoms with Gasteiger partial charge in [0.25, 0.3) is 5.69 Å². The van der Waals surface area contributed by atoms with Crippen LogP contribution in [0.2, 0.25) is 0 Å². The highest BCUT2D eigenvalue weighted by Crippen LogP contribution is 2.32. The molecule has 0 bridgehead atoms. The first kappa shape index (κ1) is 26.8. The molecule has 2 aliphatic rings. The fourth-order valence-electron chi connectivity index (χ4n) is 4.66. The summed E-state index contributed by atoms with van der Waals surface area (Å²) in [5.74, 6) is 0.950. The zero-order chi connectivity index (χ0) is 27.4. The number of allylic oxidation sites excluding steroid dienone is 1. The number of carbonyl (C=O) groups excluding carboxylic acids is 2. The predicted octanol–water partition coefficient (Wildman–Crippen LogP) is 5.56. The number of carbonyl (C=O) groups is 2. The third-order valence-corrected chi connectivity index (χ3v) is 6.43. The van der Waals surface area contributed by atoms with Crippen molar-refractivity contribution in [3.8, 4) is 5.75 Å². The van der Waals surface area contributed by atoms with Gasteiger partial charge in [-0.25, -0.2) is 4.79 Å². The van der Waals surface area contributed by atoms with E-state index in [0.717, 1.165) is 29.7 Å². The van der Waals surface area contributed by atoms with E-state index in [2.05, 4.69) is 5.32 Å². The standard InChI is InChI=1S/C28H32N4O6/c1-28(2,3)31-26(30-19-6-12-23-17(14-19)5-13-25(23)33)16-24(29)18-4-9-22(15-18)38-27(34)37-21-10-7-20(8-11-21)32(35)36/h6-8,10-12,14,16,18,22H,4-5,9,13,15,29H2,1-3H3,(H,30,31)/b24-16-. The summed E-state index contributed by atoms with van der Waals surface area (Å²) in [5.41, 5.74) is 9.32. The van der Waals surface area contributed by atoms with Crippen molar-refractivity contribution < 1.29 is 24.0 Å². The highest BCUT2D eigenvalue weighted by Gasteiger charge is 2.30. The molecule has 200 valence electrons. The number of non-ortho nitro benzene ring substituents is 1. The molecule has 2 atom stereocenters. The van der Waals surface area contributed by atoms with Crippen LogP contribution in [0.1, 0.15) is 62.4 Å². The quantitative estimate of drug-likeness (QED) is 0.126. The number of nitrogens with one attached hydrogen (secondary N) is 1. The Balaban J connectivity index is 1.38. The molecule has 2 unspecified atom stereocenters. The molecular formula is C28H32N4O6. The third-order valence-electron chi connectivity index (χ3n) is 6.43. The van der Waals surface area contributed by atoms with Gasteiger partial charge in [-0.15, -0.1) is 0 Å². The van der Waals surface area contributed by atoms with Crippen molar-refractivity contribution in [2.45, 2.75) is 64.5 Å². The van der Waals surface area contributed by atoms with Gasteiger partial charge in [0.2, 0.25) is 0 Å². The number of anilines is 1. The third kappa shape index (κ3) is 6.96. The number of rotatable bonds is 6. The number of hydrogen-bond acceptors (Lipinski definition) is 8. The molecular weight excluding hydrogens is 488 g/mol. The highest BCUT2D eigenvalue weighted by atomic mass is 16.7. The van der Waals surface area contributed by atoms with Crippen LogP contribution in [0.4, 0.5) is 16.2 Å². The molecule has 3 N–H and O–H groups in total. The summed E-state index contributed by atoms with van der Waals surface area (Å²) in [5, 5.41) is 14.1. The number of benzene rings is 2. The molecule has 1 fully saturated rings. The van der Waals surface area contributed by atoms with E-state index in [0.29, 0.717) is 30.8 Å². The Hall–Kier alpha value is -4.21. The second-order valence-electron chi connectivity index (χ2n) is 10.6. The molecule has 0 saturated heterocycles. The molecule has 38 heavy (non-hydrogen) atoms. The van der Waals surface area contributed by atoms with Gasteiger partial charge in [0.15, 0.2) is 5.78 Å². The van der Waals surface area contributed by atoms with Gasteiger partial charge in [0.05, 0.1) is 10.5 Å². The highest BCUT2D eigenvalue weighted by molar-refractivity contribution is 6.05. The predicted molar refractivity (Wildman–Crippen MR) is 144 cm³/mol. The SMILES string of the molecule is CC(C)(C)N=C(/C=C(\N)C1CCC(OC(=O)Oc2ccc([N+](=O)[O-])cc2)C1)Nc1ccc2c(c1)CCC2=O. The van der Waals surface area contributed by atoms with E-state index in [4.69, 9.17) is 20.2 Å². The first-order valence-electron chi connectivity index (χ1n) is 12.6. The number of aliphatic imine (C=N–C) groups is 1. The summed E-state index contributed by atoms with van der Waals surface area (Å²) in [6, 6.07) is 10.9. The van der Waals surface area contributed by atoms with Gasteiger partial charge in [-0.1, -0.05) is 0 Å². The Morgan fingerprint density at radius 2 is 1.89 bits per heavy atom. The van der Waals surface area contributed by atoms with Gasteiger partial charge in [-0.05, 0) is 88.4 Å². The number of hydrogen-bond donors (Lipinski definition) is 2. The number of nitrogens with two attached hydrogens (primary N) is 1. The van der Waals surface area contributed by atoms with E-state index in [9.17, 15) is 19.7 Å². The van der Waals surface area contributed by atoms with Crippen molar-refractivity contribution in [2.75, 3.05) is 5.32 Å². The fraction of sp³-hybridized carbons (Fsp3) is 0.393. The first-order chi connectivity index (χ1) is 18.0. The Kier molecular flexibility index (Phi) is 7.80. The molecule has 0 aromatic heterocycles. The second-order valence-corrected chi connectivity index (χ2v) is 10.6. The molecule has 0 radical (unpaired) electrons. The maximum absolute atomic E-state index is 12.2. The van der Waals surface area contributed by atoms with E-state index in [1.165, 1.54) is 24.3 Å². The topological polar surface area (TPSA) is 146 Å². The zero-order valence-electron chi connectivity index (χ0n) is 21.7. The Morgan fingerprint density at radius 1 is 1.16 bits per heavy atom. The number of nitro benzene ring substituents is 1. The van der Waals surface area contributed by atoms with Crippen molar-refractivity contribution >= 4 is 29.1 Å². The maximum atomic E-state index is 12.2. The number of Topliss-reactive ketones (excluding diaryl/α,β-unsaturated/α-hetero) is 1. The lowest BCUT2D eigenvalue weighted by molar-refractivity contribution is -0.384. The van der Waals surface area contributed by atoms with Gasteiger partial charge in [-0.3, -0.25) is 19.9 Å². The normalized spacial score (nSPS) is 19.7. The van der Waals surface area contributed by atoms with Crippen LogP contribution in [-0.2, 0) is 11.2 Å². The zero-order valence-corrected chi connectivity index (χ0v) is 21.7. The van der Waals surface area contributed by atoms with Crippen molar-refractivity contribution in [1.29, 1.82) is 0 Å². The van der Waals surface area contributed by atoms with E-state index in [1.807, 2.05) is 45.0 Å². The van der Waals surface area contributed by atoms with Crippen LogP contribution in [-0.4, -0.2) is 34.3 Å². The molecule has 4 rings (SSSR count). The number of aryl methyl sites for hydroxylation is 1. The fourth-order valence-corrected chi connectivity index (χ4v) is 4.66. The summed E-state index contributed by atoms with van der Waals surface area (Å²) in [6.07, 6.45) is 3.80. The Morgan fingerprint density at radius 3 is 2.58 bits per heavy atom. The van der Waals surface area contributed by atoms with Gasteiger partial charge < -0.3 is 20.5 Å². The number of nitro groups is 1. The van der Waals surface area contributed by atoms with Crippen LogP contribution in [0.3, 0.4) is 0 Å². The Bertz CT molecular complexity index is 1290. The molecule has 10 heteroatoms. The molecule has 1 saturated carbocycles. The van der Waals surface area contributed by atoms with Gasteiger partial charge in [0.1, 0.15) is 17.7 Å². The van der Waals surface area contributed by atoms with Gasteiger partial charge >= 0.3 is 6.16 Å². The molecule has 0 amide bonds. The van der Waals surface area contributed by atoms with Crippen LogP contribution in [0, 0.1) is 16.0 Å². The summed E-state index contributed by atoms with van der Waals surface area (Å²) in [7, 11) is 0. The molecule has 0 spiro atoms. The number of ether oxygens (including phenoxy) is 2. The summed E-state index contributed by atoms with van der Waals surface area (Å²) in [6.45, 7) is 5.99. The summed E-state index contributed by atoms with van der Waals surface area (Å²) >= 11 is 0. The lowest BCUT2D eigenvalue weighted by atomic mass is 10.0. The number of fused-ring (bicyclic) bond motifs is 1. The smallest absolute Gasteiger partial charge is 0.431 e. The monoisotopic (exact) mass is 520 g/mol. The minimum Gasteiger partial charge on any atom is -0.431 e. The molecule has 0 heterocycles. The minimum atomic E-state index is -0.862. The van der Waals surface area contributed by atoms with Gasteiger partial charge in [-0.2, -0.15) is 0 Å². The van der Waals surface area contributed by atoms with Crippen molar-refractivity contribution in [1.82, 2.24) is 0 Å². The first-order valence-corrected chi connectivity index (χ1v) is 12.6. The minimum absolute atomic E-state index is 0.00298. The average molecular weight is 521 g/mol. The van der Waals surface area contributed by atoms with Gasteiger partial charge in [0, 0.05) is 41.4 Å².